The summed E-state index contributed by atoms with van der Waals surface area (Å²) in [5, 5.41) is 4.88. The molecule has 2 unspecified atom stereocenters. The van der Waals surface area contributed by atoms with Crippen molar-refractivity contribution in [3.8, 4) is 0 Å². The second-order valence-corrected chi connectivity index (χ2v) is 5.49. The van der Waals surface area contributed by atoms with Crippen LogP contribution in [-0.4, -0.2) is 23.5 Å². The van der Waals surface area contributed by atoms with Crippen molar-refractivity contribution in [1.82, 2.24) is 9.78 Å². The number of rotatable bonds is 8. The van der Waals surface area contributed by atoms with Gasteiger partial charge in [-0.2, -0.15) is 5.10 Å². The third kappa shape index (κ3) is 3.73. The monoisotopic (exact) mass is 286 g/mol. The van der Waals surface area contributed by atoms with Gasteiger partial charge in [-0.25, -0.2) is 0 Å². The summed E-state index contributed by atoms with van der Waals surface area (Å²) in [6.45, 7) is 9.42. The highest BCUT2D eigenvalue weighted by atomic mass is 35.5. The standard InChI is InChI=1S/C15H27ClN2O/c1-6-12(16)15-13(7-2)17-18(14(15)8-3)11(4)9-10-19-5/h11-12H,6-10H2,1-5H3. The molecule has 0 fully saturated rings. The first-order valence-electron chi connectivity index (χ1n) is 7.33. The molecule has 0 bridgehead atoms. The highest BCUT2D eigenvalue weighted by molar-refractivity contribution is 6.21. The number of halogens is 1. The van der Waals surface area contributed by atoms with Crippen LogP contribution in [0.5, 0.6) is 0 Å². The number of hydrogen-bond acceptors (Lipinski definition) is 2. The fourth-order valence-corrected chi connectivity index (χ4v) is 2.74. The maximum Gasteiger partial charge on any atom is 0.0671 e. The molecule has 0 spiro atoms. The van der Waals surface area contributed by atoms with Crippen molar-refractivity contribution in [2.75, 3.05) is 13.7 Å². The summed E-state index contributed by atoms with van der Waals surface area (Å²) in [5.41, 5.74) is 3.71. The van der Waals surface area contributed by atoms with Gasteiger partial charge in [0.1, 0.15) is 0 Å². The number of ether oxygens (including phenoxy) is 1. The van der Waals surface area contributed by atoms with Crippen LogP contribution in [0.3, 0.4) is 0 Å². The van der Waals surface area contributed by atoms with Gasteiger partial charge in [-0.05, 0) is 32.6 Å². The van der Waals surface area contributed by atoms with Gasteiger partial charge < -0.3 is 4.74 Å². The molecule has 4 heteroatoms. The fraction of sp³-hybridized carbons (Fsp3) is 0.800. The Bertz CT molecular complexity index is 390. The van der Waals surface area contributed by atoms with Crippen molar-refractivity contribution in [3.63, 3.8) is 0 Å². The van der Waals surface area contributed by atoms with Crippen molar-refractivity contribution < 1.29 is 4.74 Å². The largest absolute Gasteiger partial charge is 0.385 e. The second kappa shape index (κ2) is 7.91. The average Bonchev–Trinajstić information content (AvgIpc) is 2.82. The van der Waals surface area contributed by atoms with E-state index in [0.29, 0.717) is 6.04 Å². The number of methoxy groups -OCH3 is 1. The van der Waals surface area contributed by atoms with Gasteiger partial charge in [-0.15, -0.1) is 11.6 Å². The molecule has 0 N–H and O–H groups in total. The van der Waals surface area contributed by atoms with E-state index in [9.17, 15) is 0 Å². The lowest BCUT2D eigenvalue weighted by atomic mass is 10.0. The lowest BCUT2D eigenvalue weighted by Crippen LogP contribution is -2.13. The highest BCUT2D eigenvalue weighted by Crippen LogP contribution is 2.32. The first-order valence-corrected chi connectivity index (χ1v) is 7.77. The molecule has 0 aliphatic heterocycles. The highest BCUT2D eigenvalue weighted by Gasteiger charge is 2.22. The van der Waals surface area contributed by atoms with Crippen LogP contribution < -0.4 is 0 Å². The molecule has 0 saturated heterocycles. The first-order chi connectivity index (χ1) is 9.10. The number of aromatic nitrogens is 2. The van der Waals surface area contributed by atoms with Crippen LogP contribution in [0.2, 0.25) is 0 Å². The van der Waals surface area contributed by atoms with Gasteiger partial charge in [0, 0.05) is 25.0 Å². The Labute approximate surface area is 122 Å². The summed E-state index contributed by atoms with van der Waals surface area (Å²) in [4.78, 5) is 0. The molecule has 0 amide bonds. The molecule has 1 heterocycles. The number of nitrogens with zero attached hydrogens (tertiary/aromatic N) is 2. The van der Waals surface area contributed by atoms with Gasteiger partial charge in [-0.3, -0.25) is 4.68 Å². The summed E-state index contributed by atoms with van der Waals surface area (Å²) in [7, 11) is 1.74. The predicted octanol–water partition coefficient (Wildman–Crippen LogP) is 4.30. The van der Waals surface area contributed by atoms with E-state index in [4.69, 9.17) is 21.4 Å². The zero-order valence-corrected chi connectivity index (χ0v) is 13.6. The van der Waals surface area contributed by atoms with E-state index >= 15 is 0 Å². The Hall–Kier alpha value is -0.540. The Morgan fingerprint density at radius 1 is 1.26 bits per heavy atom. The Kier molecular flexibility index (Phi) is 6.87. The van der Waals surface area contributed by atoms with Crippen LogP contribution in [0.15, 0.2) is 0 Å². The molecular formula is C15H27ClN2O. The van der Waals surface area contributed by atoms with Crippen LogP contribution in [0, 0.1) is 0 Å². The number of aryl methyl sites for hydroxylation is 1. The van der Waals surface area contributed by atoms with Gasteiger partial charge in [0.2, 0.25) is 0 Å². The zero-order chi connectivity index (χ0) is 14.4. The molecule has 3 nitrogen and oxygen atoms in total. The van der Waals surface area contributed by atoms with E-state index in [1.165, 1.54) is 11.3 Å². The third-order valence-corrected chi connectivity index (χ3v) is 4.15. The number of hydrogen-bond donors (Lipinski definition) is 0. The van der Waals surface area contributed by atoms with Crippen molar-refractivity contribution in [1.29, 1.82) is 0 Å². The average molecular weight is 287 g/mol. The van der Waals surface area contributed by atoms with E-state index in [-0.39, 0.29) is 5.38 Å². The molecule has 0 aliphatic rings. The van der Waals surface area contributed by atoms with Crippen LogP contribution >= 0.6 is 11.6 Å². The molecule has 1 rings (SSSR count). The molecule has 0 aliphatic carbocycles. The topological polar surface area (TPSA) is 27.1 Å². The van der Waals surface area contributed by atoms with Gasteiger partial charge in [0.05, 0.1) is 17.1 Å². The maximum absolute atomic E-state index is 6.50. The maximum atomic E-state index is 6.50. The molecule has 0 radical (unpaired) electrons. The van der Waals surface area contributed by atoms with Gasteiger partial charge in [-0.1, -0.05) is 20.8 Å². The van der Waals surface area contributed by atoms with E-state index in [1.807, 2.05) is 0 Å². The van der Waals surface area contributed by atoms with Crippen molar-refractivity contribution in [2.45, 2.75) is 64.8 Å². The fourth-order valence-electron chi connectivity index (χ4n) is 2.49. The Morgan fingerprint density at radius 2 is 1.95 bits per heavy atom. The number of alkyl halides is 1. The van der Waals surface area contributed by atoms with Crippen LogP contribution in [0.25, 0.3) is 0 Å². The molecular weight excluding hydrogens is 260 g/mol. The molecule has 2 atom stereocenters. The van der Waals surface area contributed by atoms with E-state index in [1.54, 1.807) is 7.11 Å². The van der Waals surface area contributed by atoms with Gasteiger partial charge in [0.25, 0.3) is 0 Å². The zero-order valence-electron chi connectivity index (χ0n) is 12.9. The molecule has 0 saturated carbocycles. The van der Waals surface area contributed by atoms with Crippen molar-refractivity contribution in [2.24, 2.45) is 0 Å². The smallest absolute Gasteiger partial charge is 0.0671 e. The summed E-state index contributed by atoms with van der Waals surface area (Å²) < 4.78 is 7.34. The lowest BCUT2D eigenvalue weighted by molar-refractivity contribution is 0.178. The van der Waals surface area contributed by atoms with Crippen molar-refractivity contribution >= 4 is 11.6 Å². The molecule has 1 aromatic rings. The minimum absolute atomic E-state index is 0.0771. The van der Waals surface area contributed by atoms with Crippen LogP contribution in [0.1, 0.15) is 68.9 Å². The molecule has 19 heavy (non-hydrogen) atoms. The van der Waals surface area contributed by atoms with E-state index in [0.717, 1.165) is 38.0 Å². The quantitative estimate of drug-likeness (QED) is 0.666. The van der Waals surface area contributed by atoms with Crippen LogP contribution in [0.4, 0.5) is 0 Å². The van der Waals surface area contributed by atoms with Gasteiger partial charge in [0.15, 0.2) is 0 Å². The first kappa shape index (κ1) is 16.5. The van der Waals surface area contributed by atoms with E-state index < -0.39 is 0 Å². The third-order valence-electron chi connectivity index (χ3n) is 3.63. The summed E-state index contributed by atoms with van der Waals surface area (Å²) in [5.74, 6) is 0. The summed E-state index contributed by atoms with van der Waals surface area (Å²) >= 11 is 6.50. The van der Waals surface area contributed by atoms with Gasteiger partial charge >= 0.3 is 0 Å². The Morgan fingerprint density at radius 3 is 2.42 bits per heavy atom. The normalized spacial score (nSPS) is 14.6. The predicted molar refractivity (Wildman–Crippen MR) is 81.1 cm³/mol. The molecule has 1 aromatic heterocycles. The lowest BCUT2D eigenvalue weighted by Gasteiger charge is -2.16. The van der Waals surface area contributed by atoms with Crippen molar-refractivity contribution in [3.05, 3.63) is 17.0 Å². The Balaban J connectivity index is 3.14. The summed E-state index contributed by atoms with van der Waals surface area (Å²) in [6.07, 6.45) is 3.84. The molecule has 110 valence electrons. The minimum Gasteiger partial charge on any atom is -0.385 e. The molecule has 0 aromatic carbocycles. The minimum atomic E-state index is 0.0771. The van der Waals surface area contributed by atoms with E-state index in [2.05, 4.69) is 32.4 Å². The van der Waals surface area contributed by atoms with Crippen LogP contribution in [-0.2, 0) is 17.6 Å². The summed E-state index contributed by atoms with van der Waals surface area (Å²) in [6, 6.07) is 0.356. The second-order valence-electron chi connectivity index (χ2n) is 4.97. The SMILES string of the molecule is CCc1nn(C(C)CCOC)c(CC)c1C(Cl)CC.